The summed E-state index contributed by atoms with van der Waals surface area (Å²) in [5.74, 6) is -0.187. The van der Waals surface area contributed by atoms with Crippen LogP contribution < -0.4 is 5.32 Å². The summed E-state index contributed by atoms with van der Waals surface area (Å²) in [4.78, 5) is 0. The molecule has 0 saturated carbocycles. The summed E-state index contributed by atoms with van der Waals surface area (Å²) < 4.78 is 13.4. The van der Waals surface area contributed by atoms with Crippen LogP contribution in [0.4, 0.5) is 4.39 Å². The van der Waals surface area contributed by atoms with Gasteiger partial charge in [-0.05, 0) is 61.2 Å². The van der Waals surface area contributed by atoms with Gasteiger partial charge in [-0.1, -0.05) is 37.3 Å². The molecule has 1 N–H and O–H groups in total. The Kier molecular flexibility index (Phi) is 4.91. The standard InChI is InChI=1S/C18H22FN/c1-4-11-20-14(3)15-6-8-16(9-7-15)18-12-17(19)10-5-13(18)2/h5-10,12,14,20H,4,11H2,1-3H3. The van der Waals surface area contributed by atoms with Gasteiger partial charge in [-0.2, -0.15) is 0 Å². The maximum atomic E-state index is 13.4. The van der Waals surface area contributed by atoms with Crippen molar-refractivity contribution in [3.8, 4) is 11.1 Å². The summed E-state index contributed by atoms with van der Waals surface area (Å²) >= 11 is 0. The van der Waals surface area contributed by atoms with E-state index in [1.54, 1.807) is 6.07 Å². The van der Waals surface area contributed by atoms with Crippen LogP contribution >= 0.6 is 0 Å². The number of hydrogen-bond donors (Lipinski definition) is 1. The molecule has 0 spiro atoms. The van der Waals surface area contributed by atoms with Gasteiger partial charge in [0, 0.05) is 6.04 Å². The van der Waals surface area contributed by atoms with Gasteiger partial charge in [0.1, 0.15) is 5.82 Å². The lowest BCUT2D eigenvalue weighted by Gasteiger charge is -2.14. The lowest BCUT2D eigenvalue weighted by atomic mass is 9.98. The fourth-order valence-corrected chi connectivity index (χ4v) is 2.34. The van der Waals surface area contributed by atoms with Crippen molar-refractivity contribution in [3.05, 3.63) is 59.4 Å². The number of benzene rings is 2. The molecule has 0 radical (unpaired) electrons. The Morgan fingerprint density at radius 1 is 1.10 bits per heavy atom. The summed E-state index contributed by atoms with van der Waals surface area (Å²) in [6.45, 7) is 7.35. The molecular formula is C18H22FN. The van der Waals surface area contributed by atoms with Crippen molar-refractivity contribution in [1.82, 2.24) is 5.32 Å². The quantitative estimate of drug-likeness (QED) is 0.818. The van der Waals surface area contributed by atoms with Crippen LogP contribution in [0.5, 0.6) is 0 Å². The molecule has 1 unspecified atom stereocenters. The smallest absolute Gasteiger partial charge is 0.123 e. The summed E-state index contributed by atoms with van der Waals surface area (Å²) in [7, 11) is 0. The van der Waals surface area contributed by atoms with Crippen molar-refractivity contribution in [1.29, 1.82) is 0 Å². The molecule has 2 aromatic rings. The Labute approximate surface area is 120 Å². The fraction of sp³-hybridized carbons (Fsp3) is 0.333. The number of hydrogen-bond acceptors (Lipinski definition) is 1. The molecule has 0 amide bonds. The van der Waals surface area contributed by atoms with Crippen LogP contribution in [0.3, 0.4) is 0 Å². The van der Waals surface area contributed by atoms with Crippen LogP contribution in [0.25, 0.3) is 11.1 Å². The van der Waals surface area contributed by atoms with E-state index in [2.05, 4.69) is 43.4 Å². The van der Waals surface area contributed by atoms with Gasteiger partial charge in [0.2, 0.25) is 0 Å². The Morgan fingerprint density at radius 3 is 2.45 bits per heavy atom. The number of rotatable bonds is 5. The summed E-state index contributed by atoms with van der Waals surface area (Å²) in [6, 6.07) is 13.7. The summed E-state index contributed by atoms with van der Waals surface area (Å²) in [5.41, 5.74) is 4.38. The van der Waals surface area contributed by atoms with E-state index >= 15 is 0 Å². The molecule has 0 bridgehead atoms. The van der Waals surface area contributed by atoms with Gasteiger partial charge >= 0.3 is 0 Å². The minimum Gasteiger partial charge on any atom is -0.310 e. The van der Waals surface area contributed by atoms with Crippen LogP contribution in [0.15, 0.2) is 42.5 Å². The molecule has 20 heavy (non-hydrogen) atoms. The molecule has 2 aromatic carbocycles. The highest BCUT2D eigenvalue weighted by Crippen LogP contribution is 2.25. The molecule has 1 nitrogen and oxygen atoms in total. The van der Waals surface area contributed by atoms with Gasteiger partial charge in [-0.15, -0.1) is 0 Å². The molecule has 0 aromatic heterocycles. The van der Waals surface area contributed by atoms with E-state index in [1.165, 1.54) is 11.6 Å². The van der Waals surface area contributed by atoms with E-state index in [4.69, 9.17) is 0 Å². The average Bonchev–Trinajstić information content (AvgIpc) is 2.47. The zero-order chi connectivity index (χ0) is 14.5. The highest BCUT2D eigenvalue weighted by molar-refractivity contribution is 5.67. The van der Waals surface area contributed by atoms with Gasteiger partial charge < -0.3 is 5.32 Å². The van der Waals surface area contributed by atoms with E-state index in [-0.39, 0.29) is 5.82 Å². The second-order valence-corrected chi connectivity index (χ2v) is 5.26. The van der Waals surface area contributed by atoms with Gasteiger partial charge in [-0.3, -0.25) is 0 Å². The first-order valence-electron chi connectivity index (χ1n) is 7.21. The number of halogens is 1. The molecule has 0 saturated heterocycles. The molecule has 1 atom stereocenters. The Morgan fingerprint density at radius 2 is 1.80 bits per heavy atom. The first-order chi connectivity index (χ1) is 9.61. The number of aryl methyl sites for hydroxylation is 1. The highest BCUT2D eigenvalue weighted by atomic mass is 19.1. The van der Waals surface area contributed by atoms with Crippen LogP contribution in [0.2, 0.25) is 0 Å². The first-order valence-corrected chi connectivity index (χ1v) is 7.21. The predicted molar refractivity (Wildman–Crippen MR) is 83.3 cm³/mol. The zero-order valence-electron chi connectivity index (χ0n) is 12.4. The molecular weight excluding hydrogens is 249 g/mol. The van der Waals surface area contributed by atoms with Crippen molar-refractivity contribution in [3.63, 3.8) is 0 Å². The van der Waals surface area contributed by atoms with Crippen LogP contribution in [0, 0.1) is 12.7 Å². The predicted octanol–water partition coefficient (Wildman–Crippen LogP) is 4.86. The molecule has 0 fully saturated rings. The van der Waals surface area contributed by atoms with Crippen LogP contribution in [-0.2, 0) is 0 Å². The third-order valence-electron chi connectivity index (χ3n) is 3.62. The Hall–Kier alpha value is -1.67. The van der Waals surface area contributed by atoms with Crippen molar-refractivity contribution < 1.29 is 4.39 Å². The van der Waals surface area contributed by atoms with E-state index in [9.17, 15) is 4.39 Å². The SMILES string of the molecule is CCCNC(C)c1ccc(-c2cc(F)ccc2C)cc1. The third kappa shape index (κ3) is 3.45. The second kappa shape index (κ2) is 6.67. The van der Waals surface area contributed by atoms with E-state index in [0.717, 1.165) is 29.7 Å². The second-order valence-electron chi connectivity index (χ2n) is 5.26. The minimum absolute atomic E-state index is 0.187. The molecule has 0 aliphatic heterocycles. The molecule has 0 aliphatic rings. The number of nitrogens with one attached hydrogen (secondary N) is 1. The Balaban J connectivity index is 2.21. The Bertz CT molecular complexity index is 560. The fourth-order valence-electron chi connectivity index (χ4n) is 2.34. The third-order valence-corrected chi connectivity index (χ3v) is 3.62. The van der Waals surface area contributed by atoms with Crippen molar-refractivity contribution in [2.75, 3.05) is 6.54 Å². The summed E-state index contributed by atoms with van der Waals surface area (Å²) in [5, 5.41) is 3.47. The maximum Gasteiger partial charge on any atom is 0.123 e. The molecule has 0 aliphatic carbocycles. The van der Waals surface area contributed by atoms with Crippen LogP contribution in [-0.4, -0.2) is 6.54 Å². The molecule has 106 valence electrons. The lowest BCUT2D eigenvalue weighted by Crippen LogP contribution is -2.19. The largest absolute Gasteiger partial charge is 0.310 e. The van der Waals surface area contributed by atoms with Crippen molar-refractivity contribution in [2.24, 2.45) is 0 Å². The van der Waals surface area contributed by atoms with Crippen molar-refractivity contribution >= 4 is 0 Å². The van der Waals surface area contributed by atoms with Gasteiger partial charge in [-0.25, -0.2) is 4.39 Å². The topological polar surface area (TPSA) is 12.0 Å². The molecule has 2 rings (SSSR count). The van der Waals surface area contributed by atoms with E-state index < -0.39 is 0 Å². The molecule has 2 heteroatoms. The van der Waals surface area contributed by atoms with Gasteiger partial charge in [0.05, 0.1) is 0 Å². The first kappa shape index (κ1) is 14.7. The average molecular weight is 271 g/mol. The van der Waals surface area contributed by atoms with Gasteiger partial charge in [0.15, 0.2) is 0 Å². The van der Waals surface area contributed by atoms with E-state index in [1.807, 2.05) is 13.0 Å². The zero-order valence-corrected chi connectivity index (χ0v) is 12.4. The van der Waals surface area contributed by atoms with E-state index in [0.29, 0.717) is 6.04 Å². The lowest BCUT2D eigenvalue weighted by molar-refractivity contribution is 0.571. The highest BCUT2D eigenvalue weighted by Gasteiger charge is 2.06. The van der Waals surface area contributed by atoms with Gasteiger partial charge in [0.25, 0.3) is 0 Å². The molecule has 0 heterocycles. The van der Waals surface area contributed by atoms with Crippen molar-refractivity contribution in [2.45, 2.75) is 33.2 Å². The van der Waals surface area contributed by atoms with Crippen LogP contribution in [0.1, 0.15) is 37.4 Å². The summed E-state index contributed by atoms with van der Waals surface area (Å²) in [6.07, 6.45) is 1.13. The maximum absolute atomic E-state index is 13.4. The monoisotopic (exact) mass is 271 g/mol. The normalized spacial score (nSPS) is 12.4. The minimum atomic E-state index is -0.187.